The number of rotatable bonds is 6. The van der Waals surface area contributed by atoms with E-state index in [9.17, 15) is 18.0 Å². The first kappa shape index (κ1) is 28.1. The van der Waals surface area contributed by atoms with Crippen molar-refractivity contribution in [2.45, 2.75) is 51.9 Å². The molecule has 7 nitrogen and oxygen atoms in total. The lowest BCUT2D eigenvalue weighted by atomic mass is 9.82. The molecule has 37 heavy (non-hydrogen) atoms. The van der Waals surface area contributed by atoms with Crippen LogP contribution in [0.1, 0.15) is 68.7 Å². The van der Waals surface area contributed by atoms with Crippen LogP contribution in [0.25, 0.3) is 17.7 Å². The number of methoxy groups -OCH3 is 1. The Labute approximate surface area is 219 Å². The van der Waals surface area contributed by atoms with Gasteiger partial charge in [0.05, 0.1) is 25.5 Å². The van der Waals surface area contributed by atoms with Crippen LogP contribution in [0.2, 0.25) is 0 Å². The highest BCUT2D eigenvalue weighted by atomic mass is 32.2. The summed E-state index contributed by atoms with van der Waals surface area (Å²) in [5.74, 6) is 0.207. The molecule has 0 aliphatic heterocycles. The summed E-state index contributed by atoms with van der Waals surface area (Å²) in [6, 6.07) is 11.0. The molecule has 8 heteroatoms. The van der Waals surface area contributed by atoms with E-state index in [1.807, 2.05) is 36.4 Å². The molecule has 0 aromatic heterocycles. The molecular formula is C29H34N2O5S. The molecule has 2 aromatic rings. The van der Waals surface area contributed by atoms with E-state index in [0.29, 0.717) is 24.9 Å². The molecule has 2 N–H and O–H groups in total. The number of carbonyl (C=O) groups excluding carboxylic acids is 2. The molecular weight excluding hydrogens is 488 g/mol. The van der Waals surface area contributed by atoms with Crippen LogP contribution in [-0.2, 0) is 25.0 Å². The van der Waals surface area contributed by atoms with Crippen molar-refractivity contribution in [3.63, 3.8) is 0 Å². The normalized spacial score (nSPS) is 17.1. The quantitative estimate of drug-likeness (QED) is 0.476. The van der Waals surface area contributed by atoms with Crippen molar-refractivity contribution in [3.05, 3.63) is 64.7 Å². The molecule has 0 radical (unpaired) electrons. The van der Waals surface area contributed by atoms with Gasteiger partial charge in [-0.25, -0.2) is 8.42 Å². The molecule has 0 atom stereocenters. The van der Waals surface area contributed by atoms with Gasteiger partial charge in [0.1, 0.15) is 11.5 Å². The summed E-state index contributed by atoms with van der Waals surface area (Å²) in [5, 5.41) is 8.00. The number of anilines is 1. The Bertz CT molecular complexity index is 1380. The van der Waals surface area contributed by atoms with Gasteiger partial charge in [0.25, 0.3) is 0 Å². The van der Waals surface area contributed by atoms with Crippen molar-refractivity contribution < 1.29 is 22.7 Å². The number of benzene rings is 2. The maximum absolute atomic E-state index is 12.6. The summed E-state index contributed by atoms with van der Waals surface area (Å²) in [5.41, 5.74) is 4.36. The van der Waals surface area contributed by atoms with Gasteiger partial charge in [0, 0.05) is 23.2 Å². The second-order valence-electron chi connectivity index (χ2n) is 10.3. The van der Waals surface area contributed by atoms with Crippen LogP contribution in [0.15, 0.2) is 42.5 Å². The van der Waals surface area contributed by atoms with Crippen LogP contribution < -0.4 is 9.46 Å². The predicted octanol–water partition coefficient (Wildman–Crippen LogP) is 5.65. The first-order chi connectivity index (χ1) is 17.3. The first-order valence-corrected chi connectivity index (χ1v) is 14.0. The van der Waals surface area contributed by atoms with Gasteiger partial charge in [-0.1, -0.05) is 45.1 Å². The van der Waals surface area contributed by atoms with Gasteiger partial charge < -0.3 is 10.1 Å². The third-order valence-electron chi connectivity index (χ3n) is 6.05. The Balaban J connectivity index is 2.07. The van der Waals surface area contributed by atoms with Gasteiger partial charge in [0.15, 0.2) is 5.78 Å². The fourth-order valence-electron chi connectivity index (χ4n) is 4.20. The van der Waals surface area contributed by atoms with E-state index < -0.39 is 15.8 Å². The molecule has 0 fully saturated rings. The van der Waals surface area contributed by atoms with Gasteiger partial charge in [-0.3, -0.25) is 14.3 Å². The topological polar surface area (TPSA) is 113 Å². The highest BCUT2D eigenvalue weighted by Crippen LogP contribution is 2.39. The smallest absolute Gasteiger partial charge is 0.229 e. The molecule has 0 saturated heterocycles. The maximum atomic E-state index is 12.6. The van der Waals surface area contributed by atoms with E-state index in [4.69, 9.17) is 10.1 Å². The van der Waals surface area contributed by atoms with Crippen LogP contribution in [0.5, 0.6) is 5.75 Å². The number of ether oxygens (including phenoxy) is 1. The molecule has 3 rings (SSSR count). The zero-order chi connectivity index (χ0) is 27.4. The lowest BCUT2D eigenvalue weighted by Crippen LogP contribution is -2.15. The van der Waals surface area contributed by atoms with E-state index in [2.05, 4.69) is 25.5 Å². The number of allylic oxidation sites excluding steroid dienone is 2. The van der Waals surface area contributed by atoms with Crippen molar-refractivity contribution in [1.82, 2.24) is 0 Å². The van der Waals surface area contributed by atoms with Gasteiger partial charge in [-0.2, -0.15) is 0 Å². The molecule has 0 spiro atoms. The Morgan fingerprint density at radius 3 is 2.30 bits per heavy atom. The Morgan fingerprint density at radius 1 is 1.03 bits per heavy atom. The third kappa shape index (κ3) is 7.73. The van der Waals surface area contributed by atoms with Gasteiger partial charge in [0.2, 0.25) is 10.0 Å². The number of nitrogens with one attached hydrogen (secondary N) is 2. The van der Waals surface area contributed by atoms with Crippen molar-refractivity contribution in [2.75, 3.05) is 18.1 Å². The van der Waals surface area contributed by atoms with E-state index in [-0.39, 0.29) is 23.3 Å². The second kappa shape index (κ2) is 11.3. The van der Waals surface area contributed by atoms with Crippen LogP contribution in [0.4, 0.5) is 5.69 Å². The fourth-order valence-corrected chi connectivity index (χ4v) is 4.77. The largest absolute Gasteiger partial charge is 0.496 e. The zero-order valence-corrected chi connectivity index (χ0v) is 22.8. The average molecular weight is 523 g/mol. The number of ketones is 2. The molecule has 1 aliphatic carbocycles. The molecule has 2 aromatic carbocycles. The standard InChI is InChI=1S/C29H34N2O5S/c1-29(2,3)25-16-22(20-7-6-8-24(32)18-26(30)27(33)17-20)15-21(28(25)36-4)12-9-19-10-13-23(14-11-19)31-37(5,34)35/h9-17,30-31H,6-8,18H2,1-5H3/b12-9+,20-17-,30-26?. The molecule has 0 heterocycles. The Kier molecular flexibility index (Phi) is 8.53. The number of hydrogen-bond acceptors (Lipinski definition) is 6. The zero-order valence-electron chi connectivity index (χ0n) is 22.0. The average Bonchev–Trinajstić information content (AvgIpc) is 2.86. The van der Waals surface area contributed by atoms with E-state index >= 15 is 0 Å². The summed E-state index contributed by atoms with van der Waals surface area (Å²) >= 11 is 0. The van der Waals surface area contributed by atoms with Gasteiger partial charge in [-0.05, 0) is 65.3 Å². The predicted molar refractivity (Wildman–Crippen MR) is 150 cm³/mol. The van der Waals surface area contributed by atoms with Crippen molar-refractivity contribution in [2.24, 2.45) is 0 Å². The number of sulfonamides is 1. The lowest BCUT2D eigenvalue weighted by Gasteiger charge is -2.25. The van der Waals surface area contributed by atoms with Crippen LogP contribution in [-0.4, -0.2) is 39.1 Å². The van der Waals surface area contributed by atoms with Crippen molar-refractivity contribution in [3.8, 4) is 5.75 Å². The minimum atomic E-state index is -3.35. The van der Waals surface area contributed by atoms with E-state index in [1.54, 1.807) is 19.2 Å². The van der Waals surface area contributed by atoms with E-state index in [1.165, 1.54) is 6.08 Å². The van der Waals surface area contributed by atoms with Crippen LogP contribution >= 0.6 is 0 Å². The monoisotopic (exact) mass is 522 g/mol. The lowest BCUT2D eigenvalue weighted by molar-refractivity contribution is -0.118. The number of Topliss-reactive ketones (excluding diaryl/α,β-unsaturated/α-hetero) is 1. The van der Waals surface area contributed by atoms with Crippen molar-refractivity contribution >= 4 is 50.7 Å². The number of hydrogen-bond donors (Lipinski definition) is 2. The summed E-state index contributed by atoms with van der Waals surface area (Å²) < 4.78 is 31.2. The summed E-state index contributed by atoms with van der Waals surface area (Å²) in [6.07, 6.45) is 7.83. The molecule has 0 unspecified atom stereocenters. The maximum Gasteiger partial charge on any atom is 0.229 e. The Morgan fingerprint density at radius 2 is 1.70 bits per heavy atom. The van der Waals surface area contributed by atoms with Crippen LogP contribution in [0, 0.1) is 5.41 Å². The molecule has 1 aliphatic rings. The summed E-state index contributed by atoms with van der Waals surface area (Å²) in [6.45, 7) is 6.27. The SMILES string of the molecule is COc1c(/C=C/c2ccc(NS(C)(=O)=O)cc2)cc(/C2=C\C(=O)C(=N)CC(=O)CCC2)cc1C(C)(C)C. The summed E-state index contributed by atoms with van der Waals surface area (Å²) in [7, 11) is -1.72. The van der Waals surface area contributed by atoms with Gasteiger partial charge in [-0.15, -0.1) is 0 Å². The third-order valence-corrected chi connectivity index (χ3v) is 6.65. The highest BCUT2D eigenvalue weighted by Gasteiger charge is 2.24. The Hall–Kier alpha value is -3.52. The molecule has 196 valence electrons. The molecule has 0 amide bonds. The van der Waals surface area contributed by atoms with E-state index in [0.717, 1.165) is 39.8 Å². The first-order valence-electron chi connectivity index (χ1n) is 12.1. The minimum Gasteiger partial charge on any atom is -0.496 e. The molecule has 0 bridgehead atoms. The van der Waals surface area contributed by atoms with Crippen molar-refractivity contribution in [1.29, 1.82) is 5.41 Å². The van der Waals surface area contributed by atoms with Crippen LogP contribution in [0.3, 0.4) is 0 Å². The fraction of sp³-hybridized carbons (Fsp3) is 0.345. The second-order valence-corrected chi connectivity index (χ2v) is 12.1. The number of carbonyl (C=O) groups is 2. The molecule has 0 saturated carbocycles. The highest BCUT2D eigenvalue weighted by molar-refractivity contribution is 7.92. The van der Waals surface area contributed by atoms with Gasteiger partial charge >= 0.3 is 0 Å². The minimum absolute atomic E-state index is 0.0838. The summed E-state index contributed by atoms with van der Waals surface area (Å²) in [4.78, 5) is 24.7.